The molecular formula is C19H34O4. The molecule has 0 N–H and O–H groups in total. The number of hydrogen-bond donors (Lipinski definition) is 0. The number of carbonyl (C=O) groups is 2. The fourth-order valence-corrected chi connectivity index (χ4v) is 2.35. The molecule has 0 heterocycles. The van der Waals surface area contributed by atoms with E-state index in [0.717, 1.165) is 37.8 Å². The Morgan fingerprint density at radius 3 is 1.74 bits per heavy atom. The lowest BCUT2D eigenvalue weighted by Crippen LogP contribution is -2.15. The summed E-state index contributed by atoms with van der Waals surface area (Å²) in [5, 5.41) is 0. The van der Waals surface area contributed by atoms with Gasteiger partial charge in [-0.3, -0.25) is 0 Å². The van der Waals surface area contributed by atoms with Crippen molar-refractivity contribution >= 4 is 11.9 Å². The Kier molecular flexibility index (Phi) is 13.5. The van der Waals surface area contributed by atoms with E-state index in [1.54, 1.807) is 0 Å². The van der Waals surface area contributed by atoms with Gasteiger partial charge in [0.1, 0.15) is 0 Å². The molecule has 0 aromatic carbocycles. The van der Waals surface area contributed by atoms with Crippen molar-refractivity contribution in [1.29, 1.82) is 0 Å². The minimum atomic E-state index is -0.494. The third-order valence-corrected chi connectivity index (χ3v) is 3.65. The Morgan fingerprint density at radius 1 is 0.739 bits per heavy atom. The third kappa shape index (κ3) is 14.0. The number of hydrogen-bond acceptors (Lipinski definition) is 4. The molecule has 2 atom stereocenters. The van der Waals surface area contributed by atoms with Crippen LogP contribution < -0.4 is 0 Å². The van der Waals surface area contributed by atoms with Gasteiger partial charge in [-0.25, -0.2) is 9.59 Å². The first-order valence-electron chi connectivity index (χ1n) is 9.08. The van der Waals surface area contributed by atoms with E-state index in [9.17, 15) is 9.59 Å². The van der Waals surface area contributed by atoms with Crippen molar-refractivity contribution in [1.82, 2.24) is 0 Å². The lowest BCUT2D eigenvalue weighted by Gasteiger charge is -2.12. The summed E-state index contributed by atoms with van der Waals surface area (Å²) in [5.41, 5.74) is 0. The molecule has 0 aromatic rings. The normalized spacial score (nSPS) is 13.7. The van der Waals surface area contributed by atoms with Crippen LogP contribution in [0.5, 0.6) is 0 Å². The standard InChI is InChI=1S/C19H34O4/c1-5-7-8-9-10-11-13-17(4)23-19(21)15-14-18(20)22-16(3)12-6-2/h14-17H,5-13H2,1-4H3/b15-14+. The highest BCUT2D eigenvalue weighted by Gasteiger charge is 2.09. The molecule has 0 bridgehead atoms. The molecule has 23 heavy (non-hydrogen) atoms. The van der Waals surface area contributed by atoms with E-state index in [-0.39, 0.29) is 12.2 Å². The van der Waals surface area contributed by atoms with Gasteiger partial charge < -0.3 is 9.47 Å². The highest BCUT2D eigenvalue weighted by atomic mass is 16.5. The second-order valence-electron chi connectivity index (χ2n) is 6.17. The van der Waals surface area contributed by atoms with Crippen LogP contribution in [0.1, 0.15) is 85.5 Å². The van der Waals surface area contributed by atoms with Crippen molar-refractivity contribution in [2.24, 2.45) is 0 Å². The topological polar surface area (TPSA) is 52.6 Å². The molecule has 0 saturated heterocycles. The zero-order valence-corrected chi connectivity index (χ0v) is 15.3. The first-order chi connectivity index (χ1) is 11.0. The van der Waals surface area contributed by atoms with Crippen molar-refractivity contribution in [3.8, 4) is 0 Å². The predicted octanol–water partition coefficient (Wildman–Crippen LogP) is 4.96. The minimum Gasteiger partial charge on any atom is -0.460 e. The van der Waals surface area contributed by atoms with Gasteiger partial charge in [0.25, 0.3) is 0 Å². The van der Waals surface area contributed by atoms with E-state index >= 15 is 0 Å². The van der Waals surface area contributed by atoms with Crippen LogP contribution in [0.3, 0.4) is 0 Å². The van der Waals surface area contributed by atoms with Gasteiger partial charge in [0.2, 0.25) is 0 Å². The molecule has 0 spiro atoms. The second kappa shape index (κ2) is 14.3. The van der Waals surface area contributed by atoms with Gasteiger partial charge in [0, 0.05) is 12.2 Å². The van der Waals surface area contributed by atoms with E-state index in [0.29, 0.717) is 0 Å². The summed E-state index contributed by atoms with van der Waals surface area (Å²) in [5.74, 6) is -0.977. The van der Waals surface area contributed by atoms with Crippen molar-refractivity contribution in [3.63, 3.8) is 0 Å². The smallest absolute Gasteiger partial charge is 0.331 e. The van der Waals surface area contributed by atoms with Gasteiger partial charge >= 0.3 is 11.9 Å². The lowest BCUT2D eigenvalue weighted by molar-refractivity contribution is -0.145. The van der Waals surface area contributed by atoms with Gasteiger partial charge in [-0.15, -0.1) is 0 Å². The first-order valence-corrected chi connectivity index (χ1v) is 9.08. The number of carbonyl (C=O) groups excluding carboxylic acids is 2. The van der Waals surface area contributed by atoms with Crippen LogP contribution in [-0.2, 0) is 19.1 Å². The Labute approximate surface area is 141 Å². The number of unbranched alkanes of at least 4 members (excludes halogenated alkanes) is 5. The van der Waals surface area contributed by atoms with Gasteiger partial charge in [0.05, 0.1) is 12.2 Å². The Hall–Kier alpha value is -1.32. The average Bonchev–Trinajstić information content (AvgIpc) is 2.49. The average molecular weight is 326 g/mol. The molecular weight excluding hydrogens is 292 g/mol. The SMILES string of the molecule is CCCCCCCCC(C)OC(=O)/C=C/C(=O)OC(C)CCC. The molecule has 2 unspecified atom stereocenters. The highest BCUT2D eigenvalue weighted by Crippen LogP contribution is 2.10. The van der Waals surface area contributed by atoms with Crippen molar-refractivity contribution in [2.75, 3.05) is 0 Å². The van der Waals surface area contributed by atoms with E-state index in [2.05, 4.69) is 6.92 Å². The summed E-state index contributed by atoms with van der Waals surface area (Å²) in [4.78, 5) is 23.1. The Bertz CT molecular complexity index is 349. The molecule has 0 aromatic heterocycles. The Balaban J connectivity index is 3.82. The largest absolute Gasteiger partial charge is 0.460 e. The van der Waals surface area contributed by atoms with E-state index < -0.39 is 11.9 Å². The molecule has 0 saturated carbocycles. The molecule has 0 rings (SSSR count). The maximum Gasteiger partial charge on any atom is 0.331 e. The lowest BCUT2D eigenvalue weighted by atomic mass is 10.1. The summed E-state index contributed by atoms with van der Waals surface area (Å²) in [6, 6.07) is 0. The minimum absolute atomic E-state index is 0.117. The number of rotatable bonds is 13. The molecule has 0 amide bonds. The molecule has 0 fully saturated rings. The molecule has 4 heteroatoms. The van der Waals surface area contributed by atoms with Gasteiger partial charge in [-0.05, 0) is 33.1 Å². The van der Waals surface area contributed by atoms with Crippen molar-refractivity contribution < 1.29 is 19.1 Å². The quantitative estimate of drug-likeness (QED) is 0.273. The summed E-state index contributed by atoms with van der Waals surface area (Å²) >= 11 is 0. The molecule has 0 aliphatic rings. The predicted molar refractivity (Wildman–Crippen MR) is 93.1 cm³/mol. The maximum absolute atomic E-state index is 11.6. The van der Waals surface area contributed by atoms with E-state index in [1.807, 2.05) is 20.8 Å². The molecule has 4 nitrogen and oxygen atoms in total. The van der Waals surface area contributed by atoms with Crippen LogP contribution in [0.25, 0.3) is 0 Å². The molecule has 0 radical (unpaired) electrons. The van der Waals surface area contributed by atoms with Crippen LogP contribution in [0.4, 0.5) is 0 Å². The zero-order chi connectivity index (χ0) is 17.5. The first kappa shape index (κ1) is 21.7. The summed E-state index contributed by atoms with van der Waals surface area (Å²) < 4.78 is 10.4. The van der Waals surface area contributed by atoms with Crippen LogP contribution >= 0.6 is 0 Å². The summed E-state index contributed by atoms with van der Waals surface area (Å²) in [6.45, 7) is 7.97. The molecule has 0 aliphatic carbocycles. The maximum atomic E-state index is 11.6. The molecule has 0 aliphatic heterocycles. The number of ether oxygens (including phenoxy) is 2. The second-order valence-corrected chi connectivity index (χ2v) is 6.17. The summed E-state index contributed by atoms with van der Waals surface area (Å²) in [6.07, 6.45) is 12.0. The fraction of sp³-hybridized carbons (Fsp3) is 0.789. The monoisotopic (exact) mass is 326 g/mol. The van der Waals surface area contributed by atoms with Crippen LogP contribution in [-0.4, -0.2) is 24.1 Å². The molecule has 134 valence electrons. The van der Waals surface area contributed by atoms with E-state index in [1.165, 1.54) is 32.1 Å². The van der Waals surface area contributed by atoms with Crippen molar-refractivity contribution in [3.05, 3.63) is 12.2 Å². The number of esters is 2. The zero-order valence-electron chi connectivity index (χ0n) is 15.3. The third-order valence-electron chi connectivity index (χ3n) is 3.65. The van der Waals surface area contributed by atoms with Gasteiger partial charge in [0.15, 0.2) is 0 Å². The Morgan fingerprint density at radius 2 is 1.22 bits per heavy atom. The fourth-order valence-electron chi connectivity index (χ4n) is 2.35. The van der Waals surface area contributed by atoms with Gasteiger partial charge in [-0.2, -0.15) is 0 Å². The van der Waals surface area contributed by atoms with Crippen LogP contribution in [0, 0.1) is 0 Å². The van der Waals surface area contributed by atoms with Crippen molar-refractivity contribution in [2.45, 2.75) is 97.7 Å². The van der Waals surface area contributed by atoms with Gasteiger partial charge in [-0.1, -0.05) is 52.4 Å². The summed E-state index contributed by atoms with van der Waals surface area (Å²) in [7, 11) is 0. The van der Waals surface area contributed by atoms with Crippen LogP contribution in [0.15, 0.2) is 12.2 Å². The highest BCUT2D eigenvalue weighted by molar-refractivity contribution is 5.91. The van der Waals surface area contributed by atoms with Crippen LogP contribution in [0.2, 0.25) is 0 Å². The van der Waals surface area contributed by atoms with E-state index in [4.69, 9.17) is 9.47 Å².